The number of aryl methyl sites for hydroxylation is 1. The zero-order chi connectivity index (χ0) is 21.2. The Morgan fingerprint density at radius 2 is 1.63 bits per heavy atom. The highest BCUT2D eigenvalue weighted by Crippen LogP contribution is 2.14. The Hall–Kier alpha value is -3.54. The summed E-state index contributed by atoms with van der Waals surface area (Å²) in [5.41, 5.74) is 6.94. The lowest BCUT2D eigenvalue weighted by atomic mass is 10.0. The van der Waals surface area contributed by atoms with E-state index >= 15 is 0 Å². The molecule has 0 saturated heterocycles. The summed E-state index contributed by atoms with van der Waals surface area (Å²) in [5.74, 6) is 0.499. The lowest BCUT2D eigenvalue weighted by molar-refractivity contribution is -0.121. The molecule has 0 aliphatic carbocycles. The third-order valence-electron chi connectivity index (χ3n) is 4.53. The van der Waals surface area contributed by atoms with E-state index in [9.17, 15) is 9.59 Å². The maximum absolute atomic E-state index is 12.2. The summed E-state index contributed by atoms with van der Waals surface area (Å²) >= 11 is 0. The standard InChI is InChI=1S/C24H26N2O4/c1-2-3-7-18-10-12-19(13-11-18)16-23(27)25-26-24(28)22-15-14-21(30-22)17-29-20-8-5-4-6-9-20/h4-6,8-15H,2-3,7,16-17H2,1H3,(H,25,27)(H,26,28). The Morgan fingerprint density at radius 3 is 2.37 bits per heavy atom. The van der Waals surface area contributed by atoms with Crippen LogP contribution in [0.5, 0.6) is 5.75 Å². The molecule has 0 unspecified atom stereocenters. The van der Waals surface area contributed by atoms with Gasteiger partial charge in [0.05, 0.1) is 6.42 Å². The number of unbranched alkanes of at least 4 members (excludes halogenated alkanes) is 1. The van der Waals surface area contributed by atoms with Gasteiger partial charge in [0.25, 0.3) is 0 Å². The van der Waals surface area contributed by atoms with E-state index in [4.69, 9.17) is 9.15 Å². The maximum Gasteiger partial charge on any atom is 0.305 e. The summed E-state index contributed by atoms with van der Waals surface area (Å²) in [6.45, 7) is 2.37. The second-order valence-corrected chi connectivity index (χ2v) is 6.97. The summed E-state index contributed by atoms with van der Waals surface area (Å²) in [6.07, 6.45) is 3.53. The fraction of sp³-hybridized carbons (Fsp3) is 0.250. The lowest BCUT2D eigenvalue weighted by Crippen LogP contribution is -2.42. The SMILES string of the molecule is CCCCc1ccc(CC(=O)NNC(=O)c2ccc(COc3ccccc3)o2)cc1. The maximum atomic E-state index is 12.2. The van der Waals surface area contributed by atoms with Crippen molar-refractivity contribution < 1.29 is 18.7 Å². The van der Waals surface area contributed by atoms with Gasteiger partial charge in [-0.2, -0.15) is 0 Å². The number of hydrogen-bond donors (Lipinski definition) is 2. The molecule has 0 aliphatic rings. The number of carbonyl (C=O) groups is 2. The van der Waals surface area contributed by atoms with Crippen LogP contribution in [-0.2, 0) is 24.2 Å². The summed E-state index contributed by atoms with van der Waals surface area (Å²) in [5, 5.41) is 0. The van der Waals surface area contributed by atoms with Gasteiger partial charge in [-0.05, 0) is 48.2 Å². The molecule has 0 aliphatic heterocycles. The zero-order valence-corrected chi connectivity index (χ0v) is 17.0. The molecule has 3 aromatic rings. The Bertz CT molecular complexity index is 949. The molecule has 156 valence electrons. The van der Waals surface area contributed by atoms with E-state index in [0.29, 0.717) is 11.5 Å². The minimum absolute atomic E-state index is 0.0993. The van der Waals surface area contributed by atoms with Gasteiger partial charge in [-0.3, -0.25) is 20.4 Å². The van der Waals surface area contributed by atoms with Gasteiger partial charge in [0.15, 0.2) is 5.76 Å². The molecule has 2 amide bonds. The van der Waals surface area contributed by atoms with Gasteiger partial charge in [-0.1, -0.05) is 55.8 Å². The van der Waals surface area contributed by atoms with Crippen LogP contribution in [0.3, 0.4) is 0 Å². The Morgan fingerprint density at radius 1 is 0.900 bits per heavy atom. The van der Waals surface area contributed by atoms with Crippen LogP contribution in [0.1, 0.15) is 47.2 Å². The van der Waals surface area contributed by atoms with Crippen molar-refractivity contribution in [2.75, 3.05) is 0 Å². The van der Waals surface area contributed by atoms with Gasteiger partial charge >= 0.3 is 5.91 Å². The monoisotopic (exact) mass is 406 g/mol. The average Bonchev–Trinajstić information content (AvgIpc) is 3.25. The summed E-state index contributed by atoms with van der Waals surface area (Å²) < 4.78 is 11.1. The normalized spacial score (nSPS) is 10.4. The van der Waals surface area contributed by atoms with E-state index in [-0.39, 0.29) is 24.7 Å². The second-order valence-electron chi connectivity index (χ2n) is 6.97. The molecule has 1 aromatic heterocycles. The molecule has 0 radical (unpaired) electrons. The number of furan rings is 1. The second kappa shape index (κ2) is 10.9. The Labute approximate surface area is 176 Å². The number of para-hydroxylation sites is 1. The van der Waals surface area contributed by atoms with Gasteiger partial charge in [0.2, 0.25) is 5.91 Å². The van der Waals surface area contributed by atoms with Gasteiger partial charge in [0.1, 0.15) is 18.1 Å². The van der Waals surface area contributed by atoms with Gasteiger partial charge in [-0.25, -0.2) is 0 Å². The van der Waals surface area contributed by atoms with Crippen molar-refractivity contribution in [1.29, 1.82) is 0 Å². The predicted molar refractivity (Wildman–Crippen MR) is 114 cm³/mol. The van der Waals surface area contributed by atoms with Crippen LogP contribution in [0, 0.1) is 0 Å². The van der Waals surface area contributed by atoms with Crippen LogP contribution < -0.4 is 15.6 Å². The Kier molecular flexibility index (Phi) is 7.66. The lowest BCUT2D eigenvalue weighted by Gasteiger charge is -2.07. The number of ether oxygens (including phenoxy) is 1. The van der Waals surface area contributed by atoms with Crippen molar-refractivity contribution >= 4 is 11.8 Å². The number of amides is 2. The highest BCUT2D eigenvalue weighted by Gasteiger charge is 2.13. The van der Waals surface area contributed by atoms with E-state index in [1.54, 1.807) is 12.1 Å². The van der Waals surface area contributed by atoms with Crippen LogP contribution in [0.15, 0.2) is 71.1 Å². The van der Waals surface area contributed by atoms with Gasteiger partial charge in [0, 0.05) is 0 Å². The molecule has 0 fully saturated rings. The molecule has 6 nitrogen and oxygen atoms in total. The summed E-state index contributed by atoms with van der Waals surface area (Å²) in [4.78, 5) is 24.3. The first-order valence-electron chi connectivity index (χ1n) is 10.1. The van der Waals surface area contributed by atoms with Crippen LogP contribution in [0.4, 0.5) is 0 Å². The molecule has 2 aromatic carbocycles. The summed E-state index contributed by atoms with van der Waals surface area (Å²) in [7, 11) is 0. The fourth-order valence-corrected chi connectivity index (χ4v) is 2.87. The molecule has 0 bridgehead atoms. The molecule has 0 atom stereocenters. The van der Waals surface area contributed by atoms with Crippen molar-refractivity contribution in [3.63, 3.8) is 0 Å². The highest BCUT2D eigenvalue weighted by molar-refractivity contribution is 5.93. The largest absolute Gasteiger partial charge is 0.486 e. The minimum Gasteiger partial charge on any atom is -0.486 e. The first-order valence-corrected chi connectivity index (χ1v) is 10.1. The fourth-order valence-electron chi connectivity index (χ4n) is 2.87. The molecular weight excluding hydrogens is 380 g/mol. The average molecular weight is 406 g/mol. The number of hydrazine groups is 1. The number of hydrogen-bond acceptors (Lipinski definition) is 4. The van der Waals surface area contributed by atoms with Crippen molar-refractivity contribution in [3.05, 3.63) is 89.4 Å². The van der Waals surface area contributed by atoms with E-state index in [1.165, 1.54) is 5.56 Å². The van der Waals surface area contributed by atoms with Crippen LogP contribution >= 0.6 is 0 Å². The molecule has 30 heavy (non-hydrogen) atoms. The number of benzene rings is 2. The molecule has 1 heterocycles. The molecule has 0 saturated carbocycles. The van der Waals surface area contributed by atoms with Crippen LogP contribution in [0.2, 0.25) is 0 Å². The smallest absolute Gasteiger partial charge is 0.305 e. The quantitative estimate of drug-likeness (QED) is 0.522. The van der Waals surface area contributed by atoms with Gasteiger partial charge < -0.3 is 9.15 Å². The van der Waals surface area contributed by atoms with E-state index in [2.05, 4.69) is 17.8 Å². The zero-order valence-electron chi connectivity index (χ0n) is 17.0. The van der Waals surface area contributed by atoms with Crippen molar-refractivity contribution in [1.82, 2.24) is 10.9 Å². The first-order chi connectivity index (χ1) is 14.6. The van der Waals surface area contributed by atoms with E-state index in [0.717, 1.165) is 24.8 Å². The van der Waals surface area contributed by atoms with Crippen molar-refractivity contribution in [2.24, 2.45) is 0 Å². The first kappa shape index (κ1) is 21.2. The number of rotatable bonds is 9. The van der Waals surface area contributed by atoms with E-state index in [1.807, 2.05) is 54.6 Å². The minimum atomic E-state index is -0.524. The van der Waals surface area contributed by atoms with Crippen LogP contribution in [-0.4, -0.2) is 11.8 Å². The molecular formula is C24H26N2O4. The number of carbonyl (C=O) groups excluding carboxylic acids is 2. The molecule has 3 rings (SSSR count). The third kappa shape index (κ3) is 6.51. The predicted octanol–water partition coefficient (Wildman–Crippen LogP) is 4.20. The summed E-state index contributed by atoms with van der Waals surface area (Å²) in [6, 6.07) is 20.5. The van der Waals surface area contributed by atoms with Crippen molar-refractivity contribution in [3.8, 4) is 5.75 Å². The molecule has 2 N–H and O–H groups in total. The Balaban J connectivity index is 1.42. The third-order valence-corrected chi connectivity index (χ3v) is 4.53. The van der Waals surface area contributed by atoms with Gasteiger partial charge in [-0.15, -0.1) is 0 Å². The topological polar surface area (TPSA) is 80.6 Å². The number of nitrogens with one attached hydrogen (secondary N) is 2. The van der Waals surface area contributed by atoms with E-state index < -0.39 is 5.91 Å². The van der Waals surface area contributed by atoms with Crippen LogP contribution in [0.25, 0.3) is 0 Å². The molecule has 6 heteroatoms. The highest BCUT2D eigenvalue weighted by atomic mass is 16.5. The molecule has 0 spiro atoms. The van der Waals surface area contributed by atoms with Crippen molar-refractivity contribution in [2.45, 2.75) is 39.2 Å².